The number of carbonyl (C=O) groups is 2. The van der Waals surface area contributed by atoms with Gasteiger partial charge in [0, 0.05) is 31.9 Å². The maximum Gasteiger partial charge on any atom is 0.325 e. The number of carbonyl (C=O) groups excluding carboxylic acids is 2. The molecule has 1 heterocycles. The molecule has 3 amide bonds. The lowest BCUT2D eigenvalue weighted by Gasteiger charge is -2.33. The number of benzene rings is 2. The molecule has 0 bridgehead atoms. The topological polar surface area (TPSA) is 108 Å². The SMILES string of the molecule is COc1ccc(NC(=O)NC(=O)CN2CCN(S(=O)(=O)c3cccc(F)c3)CC2)cc1. The molecule has 9 nitrogen and oxygen atoms in total. The number of imide groups is 1. The van der Waals surface area contributed by atoms with E-state index in [0.29, 0.717) is 24.5 Å². The van der Waals surface area contributed by atoms with E-state index in [1.54, 1.807) is 29.2 Å². The normalized spacial score (nSPS) is 15.3. The molecular weight excluding hydrogens is 427 g/mol. The fourth-order valence-electron chi connectivity index (χ4n) is 3.11. The van der Waals surface area contributed by atoms with Crippen molar-refractivity contribution in [1.82, 2.24) is 14.5 Å². The summed E-state index contributed by atoms with van der Waals surface area (Å²) < 4.78 is 44.9. The summed E-state index contributed by atoms with van der Waals surface area (Å²) >= 11 is 0. The summed E-state index contributed by atoms with van der Waals surface area (Å²) in [5.74, 6) is -0.489. The Hall–Kier alpha value is -3.02. The van der Waals surface area contributed by atoms with Crippen LogP contribution in [0.15, 0.2) is 53.4 Å². The van der Waals surface area contributed by atoms with Crippen molar-refractivity contribution < 1.29 is 27.1 Å². The van der Waals surface area contributed by atoms with Crippen molar-refractivity contribution in [2.75, 3.05) is 45.2 Å². The molecule has 0 aromatic heterocycles. The molecule has 2 N–H and O–H groups in total. The van der Waals surface area contributed by atoms with Gasteiger partial charge in [0.2, 0.25) is 15.9 Å². The van der Waals surface area contributed by atoms with Crippen molar-refractivity contribution in [3.05, 3.63) is 54.3 Å². The van der Waals surface area contributed by atoms with Gasteiger partial charge in [-0.1, -0.05) is 6.07 Å². The Balaban J connectivity index is 1.46. The van der Waals surface area contributed by atoms with Gasteiger partial charge < -0.3 is 10.1 Å². The fourth-order valence-corrected chi connectivity index (χ4v) is 4.56. The molecule has 166 valence electrons. The van der Waals surface area contributed by atoms with Gasteiger partial charge in [0.25, 0.3) is 0 Å². The lowest BCUT2D eigenvalue weighted by molar-refractivity contribution is -0.121. The van der Waals surface area contributed by atoms with Crippen LogP contribution >= 0.6 is 0 Å². The second kappa shape index (κ2) is 9.86. The number of sulfonamides is 1. The predicted octanol–water partition coefficient (Wildman–Crippen LogP) is 1.49. The highest BCUT2D eigenvalue weighted by Gasteiger charge is 2.29. The molecule has 1 fully saturated rings. The zero-order chi connectivity index (χ0) is 22.4. The number of nitrogens with zero attached hydrogens (tertiary/aromatic N) is 2. The highest BCUT2D eigenvalue weighted by Crippen LogP contribution is 2.18. The van der Waals surface area contributed by atoms with Crippen LogP contribution in [0.1, 0.15) is 0 Å². The molecule has 1 saturated heterocycles. The van der Waals surface area contributed by atoms with Gasteiger partial charge in [-0.15, -0.1) is 0 Å². The first-order valence-electron chi connectivity index (χ1n) is 9.51. The van der Waals surface area contributed by atoms with E-state index >= 15 is 0 Å². The molecule has 1 aliphatic heterocycles. The molecule has 11 heteroatoms. The third-order valence-electron chi connectivity index (χ3n) is 4.73. The van der Waals surface area contributed by atoms with Crippen molar-refractivity contribution in [2.24, 2.45) is 0 Å². The number of halogens is 1. The highest BCUT2D eigenvalue weighted by atomic mass is 32.2. The van der Waals surface area contributed by atoms with E-state index in [9.17, 15) is 22.4 Å². The molecule has 0 unspecified atom stereocenters. The van der Waals surface area contributed by atoms with E-state index in [4.69, 9.17) is 4.74 Å². The molecular formula is C20H23FN4O5S. The number of amides is 3. The zero-order valence-corrected chi connectivity index (χ0v) is 17.7. The van der Waals surface area contributed by atoms with E-state index < -0.39 is 27.8 Å². The van der Waals surface area contributed by atoms with Gasteiger partial charge in [0.05, 0.1) is 18.6 Å². The summed E-state index contributed by atoms with van der Waals surface area (Å²) in [6, 6.07) is 10.8. The Morgan fingerprint density at radius 3 is 2.35 bits per heavy atom. The Kier molecular flexibility index (Phi) is 7.21. The Labute approximate surface area is 179 Å². The number of hydrogen-bond donors (Lipinski definition) is 2. The summed E-state index contributed by atoms with van der Waals surface area (Å²) in [6.07, 6.45) is 0. The molecule has 2 aromatic rings. The van der Waals surface area contributed by atoms with Gasteiger partial charge >= 0.3 is 6.03 Å². The minimum atomic E-state index is -3.80. The highest BCUT2D eigenvalue weighted by molar-refractivity contribution is 7.89. The number of rotatable bonds is 6. The van der Waals surface area contributed by atoms with Crippen molar-refractivity contribution in [1.29, 1.82) is 0 Å². The zero-order valence-electron chi connectivity index (χ0n) is 16.9. The van der Waals surface area contributed by atoms with E-state index in [2.05, 4.69) is 10.6 Å². The quantitative estimate of drug-likeness (QED) is 0.691. The monoisotopic (exact) mass is 450 g/mol. The van der Waals surface area contributed by atoms with E-state index in [1.165, 1.54) is 29.6 Å². The Morgan fingerprint density at radius 1 is 1.06 bits per heavy atom. The van der Waals surface area contributed by atoms with Crippen LogP contribution in [0.25, 0.3) is 0 Å². The van der Waals surface area contributed by atoms with Gasteiger partial charge in [0.15, 0.2) is 0 Å². The number of methoxy groups -OCH3 is 1. The van der Waals surface area contributed by atoms with Gasteiger partial charge in [-0.25, -0.2) is 17.6 Å². The first kappa shape index (κ1) is 22.7. The molecule has 3 rings (SSSR count). The molecule has 2 aromatic carbocycles. The van der Waals surface area contributed by atoms with Crippen LogP contribution in [-0.2, 0) is 14.8 Å². The largest absolute Gasteiger partial charge is 0.497 e. The number of ether oxygens (including phenoxy) is 1. The van der Waals surface area contributed by atoms with Gasteiger partial charge in [-0.2, -0.15) is 4.31 Å². The molecule has 0 spiro atoms. The summed E-state index contributed by atoms with van der Waals surface area (Å²) in [7, 11) is -2.27. The minimum absolute atomic E-state index is 0.0517. The Morgan fingerprint density at radius 2 is 1.74 bits per heavy atom. The summed E-state index contributed by atoms with van der Waals surface area (Å²) in [5, 5.41) is 4.79. The van der Waals surface area contributed by atoms with E-state index in [-0.39, 0.29) is 24.5 Å². The van der Waals surface area contributed by atoms with E-state index in [0.717, 1.165) is 6.07 Å². The van der Waals surface area contributed by atoms with Crippen molar-refractivity contribution in [3.8, 4) is 5.75 Å². The standard InChI is InChI=1S/C20H23FN4O5S/c1-30-17-7-5-16(6-8-17)22-20(27)23-19(26)14-24-9-11-25(12-10-24)31(28,29)18-4-2-3-15(21)13-18/h2-8,13H,9-12,14H2,1H3,(H2,22,23,26,27). The molecule has 0 atom stereocenters. The molecule has 31 heavy (non-hydrogen) atoms. The van der Waals surface area contributed by atoms with Crippen LogP contribution in [0.3, 0.4) is 0 Å². The third-order valence-corrected chi connectivity index (χ3v) is 6.63. The summed E-state index contributed by atoms with van der Waals surface area (Å²) in [5.41, 5.74) is 0.502. The smallest absolute Gasteiger partial charge is 0.325 e. The van der Waals surface area contributed by atoms with Crippen molar-refractivity contribution in [2.45, 2.75) is 4.90 Å². The molecule has 0 aliphatic carbocycles. The molecule has 0 radical (unpaired) electrons. The number of nitrogens with one attached hydrogen (secondary N) is 2. The second-order valence-electron chi connectivity index (χ2n) is 6.87. The van der Waals surface area contributed by atoms with Crippen LogP contribution in [0.2, 0.25) is 0 Å². The summed E-state index contributed by atoms with van der Waals surface area (Å²) in [4.78, 5) is 25.8. The van der Waals surface area contributed by atoms with Gasteiger partial charge in [0.1, 0.15) is 11.6 Å². The lowest BCUT2D eigenvalue weighted by atomic mass is 10.3. The van der Waals surface area contributed by atoms with Crippen LogP contribution in [0.4, 0.5) is 14.9 Å². The molecule has 1 aliphatic rings. The van der Waals surface area contributed by atoms with Gasteiger partial charge in [-0.3, -0.25) is 15.0 Å². The number of anilines is 1. The number of urea groups is 1. The lowest BCUT2D eigenvalue weighted by Crippen LogP contribution is -2.51. The molecule has 0 saturated carbocycles. The van der Waals surface area contributed by atoms with Crippen molar-refractivity contribution >= 4 is 27.6 Å². The third kappa shape index (κ3) is 6.00. The van der Waals surface area contributed by atoms with Crippen LogP contribution < -0.4 is 15.4 Å². The van der Waals surface area contributed by atoms with Crippen LogP contribution in [0.5, 0.6) is 5.75 Å². The minimum Gasteiger partial charge on any atom is -0.497 e. The van der Waals surface area contributed by atoms with Gasteiger partial charge in [-0.05, 0) is 42.5 Å². The Bertz CT molecular complexity index is 1040. The maximum absolute atomic E-state index is 13.4. The number of hydrogen-bond acceptors (Lipinski definition) is 6. The van der Waals surface area contributed by atoms with Crippen molar-refractivity contribution in [3.63, 3.8) is 0 Å². The second-order valence-corrected chi connectivity index (χ2v) is 8.81. The summed E-state index contributed by atoms with van der Waals surface area (Å²) in [6.45, 7) is 0.877. The average Bonchev–Trinajstić information content (AvgIpc) is 2.74. The van der Waals surface area contributed by atoms with Crippen LogP contribution in [-0.4, -0.2) is 69.4 Å². The first-order valence-corrected chi connectivity index (χ1v) is 10.9. The van der Waals surface area contributed by atoms with Crippen LogP contribution in [0, 0.1) is 5.82 Å². The maximum atomic E-state index is 13.4. The fraction of sp³-hybridized carbons (Fsp3) is 0.300. The first-order chi connectivity index (χ1) is 14.8. The van der Waals surface area contributed by atoms with E-state index in [1.807, 2.05) is 0 Å². The predicted molar refractivity (Wildman–Crippen MR) is 112 cm³/mol. The average molecular weight is 450 g/mol. The number of piperazine rings is 1.